The lowest BCUT2D eigenvalue weighted by Crippen LogP contribution is -2.43. The van der Waals surface area contributed by atoms with E-state index >= 15 is 0 Å². The fourth-order valence-electron chi connectivity index (χ4n) is 1.17. The fraction of sp³-hybridized carbons (Fsp3) is 0.200. The van der Waals surface area contributed by atoms with Gasteiger partial charge in [-0.25, -0.2) is 9.78 Å². The Labute approximate surface area is 107 Å². The first-order chi connectivity index (χ1) is 8.40. The van der Waals surface area contributed by atoms with Crippen LogP contribution < -0.4 is 11.1 Å². The molecule has 1 rings (SSSR count). The number of carboxylic acids is 1. The van der Waals surface area contributed by atoms with Gasteiger partial charge in [0.1, 0.15) is 16.9 Å². The van der Waals surface area contributed by atoms with E-state index in [1.807, 2.05) is 0 Å². The lowest BCUT2D eigenvalue weighted by atomic mass is 10.2. The van der Waals surface area contributed by atoms with Crippen LogP contribution in [0.25, 0.3) is 0 Å². The van der Waals surface area contributed by atoms with E-state index in [-0.39, 0.29) is 10.8 Å². The summed E-state index contributed by atoms with van der Waals surface area (Å²) in [4.78, 5) is 36.8. The number of amides is 2. The summed E-state index contributed by atoms with van der Waals surface area (Å²) < 4.78 is 0. The van der Waals surface area contributed by atoms with Gasteiger partial charge in [-0.05, 0) is 12.1 Å². The molecule has 1 unspecified atom stereocenters. The van der Waals surface area contributed by atoms with Gasteiger partial charge in [-0.3, -0.25) is 9.59 Å². The molecule has 18 heavy (non-hydrogen) atoms. The summed E-state index contributed by atoms with van der Waals surface area (Å²) in [5.74, 6) is -2.93. The second-order valence-corrected chi connectivity index (χ2v) is 3.77. The first kappa shape index (κ1) is 13.9. The zero-order valence-corrected chi connectivity index (χ0v) is 9.85. The van der Waals surface area contributed by atoms with Crippen LogP contribution in [0, 0.1) is 0 Å². The van der Waals surface area contributed by atoms with Crippen LogP contribution in [0.5, 0.6) is 0 Å². The van der Waals surface area contributed by atoms with Gasteiger partial charge in [0.05, 0.1) is 6.42 Å². The van der Waals surface area contributed by atoms with Crippen molar-refractivity contribution in [2.24, 2.45) is 5.73 Å². The van der Waals surface area contributed by atoms with E-state index in [1.165, 1.54) is 18.2 Å². The van der Waals surface area contributed by atoms with Crippen LogP contribution in [-0.2, 0) is 9.59 Å². The lowest BCUT2D eigenvalue weighted by Gasteiger charge is -2.12. The van der Waals surface area contributed by atoms with Gasteiger partial charge in [-0.2, -0.15) is 0 Å². The SMILES string of the molecule is NC(=O)CC(NC(=O)c1cccc(Cl)n1)C(=O)O. The van der Waals surface area contributed by atoms with Crippen LogP contribution in [-0.4, -0.2) is 33.9 Å². The maximum Gasteiger partial charge on any atom is 0.326 e. The molecule has 96 valence electrons. The summed E-state index contributed by atoms with van der Waals surface area (Å²) in [5.41, 5.74) is 4.84. The Hall–Kier alpha value is -2.15. The van der Waals surface area contributed by atoms with E-state index in [2.05, 4.69) is 10.3 Å². The molecule has 1 aromatic rings. The predicted molar refractivity (Wildman–Crippen MR) is 61.9 cm³/mol. The van der Waals surface area contributed by atoms with E-state index < -0.39 is 30.2 Å². The Kier molecular flexibility index (Phi) is 4.61. The van der Waals surface area contributed by atoms with Gasteiger partial charge < -0.3 is 16.2 Å². The molecule has 0 saturated heterocycles. The van der Waals surface area contributed by atoms with Gasteiger partial charge in [0.2, 0.25) is 5.91 Å². The average molecular weight is 272 g/mol. The third kappa shape index (κ3) is 4.02. The third-order valence-electron chi connectivity index (χ3n) is 1.96. The van der Waals surface area contributed by atoms with Crippen molar-refractivity contribution in [3.63, 3.8) is 0 Å². The Balaban J connectivity index is 2.78. The van der Waals surface area contributed by atoms with Crippen molar-refractivity contribution in [3.8, 4) is 0 Å². The molecule has 8 heteroatoms. The van der Waals surface area contributed by atoms with Gasteiger partial charge in [-0.1, -0.05) is 17.7 Å². The van der Waals surface area contributed by atoms with Crippen LogP contribution in [0.3, 0.4) is 0 Å². The van der Waals surface area contributed by atoms with Gasteiger partial charge in [0, 0.05) is 0 Å². The number of nitrogens with zero attached hydrogens (tertiary/aromatic N) is 1. The van der Waals surface area contributed by atoms with E-state index in [4.69, 9.17) is 22.4 Å². The second-order valence-electron chi connectivity index (χ2n) is 3.38. The van der Waals surface area contributed by atoms with E-state index in [1.54, 1.807) is 0 Å². The number of nitrogens with two attached hydrogens (primary N) is 1. The van der Waals surface area contributed by atoms with Crippen molar-refractivity contribution in [2.75, 3.05) is 0 Å². The lowest BCUT2D eigenvalue weighted by molar-refractivity contribution is -0.140. The largest absolute Gasteiger partial charge is 0.480 e. The summed E-state index contributed by atoms with van der Waals surface area (Å²) >= 11 is 5.59. The fourth-order valence-corrected chi connectivity index (χ4v) is 1.33. The number of hydrogen-bond acceptors (Lipinski definition) is 4. The molecule has 7 nitrogen and oxygen atoms in total. The van der Waals surface area contributed by atoms with E-state index in [0.29, 0.717) is 0 Å². The summed E-state index contributed by atoms with van der Waals surface area (Å²) in [6.45, 7) is 0. The van der Waals surface area contributed by atoms with Crippen molar-refractivity contribution in [2.45, 2.75) is 12.5 Å². The quantitative estimate of drug-likeness (QED) is 0.640. The minimum atomic E-state index is -1.39. The smallest absolute Gasteiger partial charge is 0.326 e. The Morgan fingerprint density at radius 2 is 2.11 bits per heavy atom. The molecule has 0 aliphatic rings. The molecule has 0 bridgehead atoms. The molecule has 0 aliphatic carbocycles. The van der Waals surface area contributed by atoms with Gasteiger partial charge in [0.15, 0.2) is 0 Å². The van der Waals surface area contributed by atoms with Crippen molar-refractivity contribution >= 4 is 29.4 Å². The Bertz CT molecular complexity index is 492. The number of halogens is 1. The van der Waals surface area contributed by atoms with Crippen molar-refractivity contribution < 1.29 is 19.5 Å². The number of primary amides is 1. The number of pyridine rings is 1. The molecule has 0 fully saturated rings. The molecule has 1 atom stereocenters. The molecular weight excluding hydrogens is 262 g/mol. The minimum absolute atomic E-state index is 0.0433. The highest BCUT2D eigenvalue weighted by atomic mass is 35.5. The average Bonchev–Trinajstić information content (AvgIpc) is 2.27. The molecule has 0 aromatic carbocycles. The van der Waals surface area contributed by atoms with E-state index in [0.717, 1.165) is 0 Å². The van der Waals surface area contributed by atoms with Crippen LogP contribution >= 0.6 is 11.6 Å². The van der Waals surface area contributed by atoms with Gasteiger partial charge in [-0.15, -0.1) is 0 Å². The number of hydrogen-bond donors (Lipinski definition) is 3. The molecule has 0 saturated carbocycles. The van der Waals surface area contributed by atoms with Crippen molar-refractivity contribution in [3.05, 3.63) is 29.0 Å². The predicted octanol–water partition coefficient (Wildman–Crippen LogP) is -0.207. The zero-order chi connectivity index (χ0) is 13.7. The second kappa shape index (κ2) is 5.97. The number of carbonyl (C=O) groups excluding carboxylic acids is 2. The summed E-state index contributed by atoms with van der Waals surface area (Å²) in [5, 5.41) is 11.0. The minimum Gasteiger partial charge on any atom is -0.480 e. The Morgan fingerprint density at radius 1 is 1.44 bits per heavy atom. The number of nitrogens with one attached hydrogen (secondary N) is 1. The molecule has 2 amide bonds. The zero-order valence-electron chi connectivity index (χ0n) is 9.09. The molecule has 0 aliphatic heterocycles. The summed E-state index contributed by atoms with van der Waals surface area (Å²) in [7, 11) is 0. The van der Waals surface area contributed by atoms with Gasteiger partial charge >= 0.3 is 5.97 Å². The van der Waals surface area contributed by atoms with Crippen LogP contribution in [0.4, 0.5) is 0 Å². The van der Waals surface area contributed by atoms with E-state index in [9.17, 15) is 14.4 Å². The van der Waals surface area contributed by atoms with Crippen molar-refractivity contribution in [1.82, 2.24) is 10.3 Å². The number of carboxylic acid groups (broad SMARTS) is 1. The monoisotopic (exact) mass is 271 g/mol. The first-order valence-electron chi connectivity index (χ1n) is 4.84. The molecule has 1 heterocycles. The van der Waals surface area contributed by atoms with Crippen LogP contribution in [0.15, 0.2) is 18.2 Å². The third-order valence-corrected chi connectivity index (χ3v) is 2.17. The highest BCUT2D eigenvalue weighted by molar-refractivity contribution is 6.29. The van der Waals surface area contributed by atoms with Crippen molar-refractivity contribution in [1.29, 1.82) is 0 Å². The first-order valence-corrected chi connectivity index (χ1v) is 5.22. The number of carbonyl (C=O) groups is 3. The summed E-state index contributed by atoms with van der Waals surface area (Å²) in [6, 6.07) is 2.94. The molecule has 0 radical (unpaired) electrons. The molecule has 1 aromatic heterocycles. The number of aromatic nitrogens is 1. The van der Waals surface area contributed by atoms with Gasteiger partial charge in [0.25, 0.3) is 5.91 Å². The molecular formula is C10H10ClN3O4. The molecule has 0 spiro atoms. The summed E-state index contributed by atoms with van der Waals surface area (Å²) in [6.07, 6.45) is -0.498. The van der Waals surface area contributed by atoms with Crippen LogP contribution in [0.2, 0.25) is 5.15 Å². The standard InChI is InChI=1S/C10H10ClN3O4/c11-7-3-1-2-5(13-7)9(16)14-6(10(17)18)4-8(12)15/h1-3,6H,4H2,(H2,12,15)(H,14,16)(H,17,18). The Morgan fingerprint density at radius 3 is 2.61 bits per heavy atom. The maximum absolute atomic E-state index is 11.6. The topological polar surface area (TPSA) is 122 Å². The highest BCUT2D eigenvalue weighted by Gasteiger charge is 2.23. The normalized spacial score (nSPS) is 11.6. The number of aliphatic carboxylic acids is 1. The number of rotatable bonds is 5. The molecule has 4 N–H and O–H groups in total. The maximum atomic E-state index is 11.6. The van der Waals surface area contributed by atoms with Crippen LogP contribution in [0.1, 0.15) is 16.9 Å². The highest BCUT2D eigenvalue weighted by Crippen LogP contribution is 2.05.